The molecule has 0 spiro atoms. The number of carbonyl (C=O) groups excluding carboxylic acids is 1. The van der Waals surface area contributed by atoms with Crippen LogP contribution in [0.25, 0.3) is 0 Å². The van der Waals surface area contributed by atoms with Gasteiger partial charge < -0.3 is 14.5 Å². The first-order valence-electron chi connectivity index (χ1n) is 6.89. The Bertz CT molecular complexity index is 471. The van der Waals surface area contributed by atoms with Crippen molar-refractivity contribution in [2.24, 2.45) is 0 Å². The van der Waals surface area contributed by atoms with Crippen LogP contribution in [0.4, 0.5) is 4.39 Å². The van der Waals surface area contributed by atoms with Crippen LogP contribution in [0, 0.1) is 6.92 Å². The van der Waals surface area contributed by atoms with Crippen LogP contribution in [-0.2, 0) is 0 Å². The van der Waals surface area contributed by atoms with E-state index in [1.165, 1.54) is 0 Å². The Hall–Kier alpha value is -1.62. The minimum Gasteiger partial charge on any atom is -0.491 e. The van der Waals surface area contributed by atoms with E-state index in [1.54, 1.807) is 12.1 Å². The lowest BCUT2D eigenvalue weighted by molar-refractivity contribution is 0.0664. The van der Waals surface area contributed by atoms with Gasteiger partial charge in [-0.2, -0.15) is 0 Å². The van der Waals surface area contributed by atoms with Crippen LogP contribution in [0.15, 0.2) is 18.2 Å². The van der Waals surface area contributed by atoms with Crippen molar-refractivity contribution >= 4 is 5.91 Å². The van der Waals surface area contributed by atoms with Crippen molar-refractivity contribution in [3.63, 3.8) is 0 Å². The Kier molecular flexibility index (Phi) is 4.95. The van der Waals surface area contributed by atoms with Crippen molar-refractivity contribution in [2.75, 3.05) is 46.5 Å². The molecule has 1 saturated heterocycles. The fraction of sp³-hybridized carbons (Fsp3) is 0.533. The third kappa shape index (κ3) is 3.48. The Labute approximate surface area is 119 Å². The van der Waals surface area contributed by atoms with E-state index in [1.807, 2.05) is 17.9 Å². The predicted octanol–water partition coefficient (Wildman–Crippen LogP) is 1.73. The van der Waals surface area contributed by atoms with E-state index < -0.39 is 6.67 Å². The minimum absolute atomic E-state index is 0.0482. The molecule has 0 unspecified atom stereocenters. The summed E-state index contributed by atoms with van der Waals surface area (Å²) in [5.74, 6) is 0.691. The summed E-state index contributed by atoms with van der Waals surface area (Å²) < 4.78 is 17.4. The normalized spacial score (nSPS) is 16.2. The van der Waals surface area contributed by atoms with Crippen LogP contribution < -0.4 is 4.74 Å². The van der Waals surface area contributed by atoms with Gasteiger partial charge in [0.05, 0.1) is 0 Å². The molecule has 110 valence electrons. The van der Waals surface area contributed by atoms with Gasteiger partial charge in [-0.1, -0.05) is 0 Å². The van der Waals surface area contributed by atoms with Gasteiger partial charge in [0.25, 0.3) is 5.91 Å². The standard InChI is InChI=1S/C15H21FN2O2/c1-12-11-13(3-4-14(12)20-10-5-16)15(19)18-8-6-17(2)7-9-18/h3-4,11H,5-10H2,1-2H3. The summed E-state index contributed by atoms with van der Waals surface area (Å²) in [5, 5.41) is 0. The molecule has 1 amide bonds. The quantitative estimate of drug-likeness (QED) is 0.842. The molecule has 5 heteroatoms. The van der Waals surface area contributed by atoms with Crippen molar-refractivity contribution in [1.82, 2.24) is 9.80 Å². The van der Waals surface area contributed by atoms with Crippen molar-refractivity contribution in [3.8, 4) is 5.75 Å². The van der Waals surface area contributed by atoms with Crippen molar-refractivity contribution in [3.05, 3.63) is 29.3 Å². The zero-order chi connectivity index (χ0) is 14.5. The molecule has 4 nitrogen and oxygen atoms in total. The lowest BCUT2D eigenvalue weighted by atomic mass is 10.1. The van der Waals surface area contributed by atoms with Gasteiger partial charge in [0, 0.05) is 31.7 Å². The number of piperazine rings is 1. The maximum absolute atomic E-state index is 12.4. The molecule has 0 aromatic heterocycles. The summed E-state index contributed by atoms with van der Waals surface area (Å²) in [7, 11) is 2.06. The molecule has 0 radical (unpaired) electrons. The average Bonchev–Trinajstić information content (AvgIpc) is 2.46. The molecule has 0 atom stereocenters. The molecule has 1 aromatic rings. The smallest absolute Gasteiger partial charge is 0.253 e. The summed E-state index contributed by atoms with van der Waals surface area (Å²) in [4.78, 5) is 16.5. The highest BCUT2D eigenvalue weighted by Gasteiger charge is 2.20. The Balaban J connectivity index is 2.05. The highest BCUT2D eigenvalue weighted by atomic mass is 19.1. The molecule has 0 saturated carbocycles. The summed E-state index contributed by atoms with van der Waals surface area (Å²) in [5.41, 5.74) is 1.53. The van der Waals surface area contributed by atoms with E-state index >= 15 is 0 Å². The van der Waals surface area contributed by atoms with E-state index in [-0.39, 0.29) is 12.5 Å². The molecule has 1 aromatic carbocycles. The van der Waals surface area contributed by atoms with Gasteiger partial charge in [-0.05, 0) is 37.7 Å². The number of hydrogen-bond acceptors (Lipinski definition) is 3. The van der Waals surface area contributed by atoms with Crippen LogP contribution in [0.1, 0.15) is 15.9 Å². The number of carbonyl (C=O) groups is 1. The number of alkyl halides is 1. The lowest BCUT2D eigenvalue weighted by Crippen LogP contribution is -2.47. The van der Waals surface area contributed by atoms with Gasteiger partial charge in [0.15, 0.2) is 0 Å². The van der Waals surface area contributed by atoms with Gasteiger partial charge in [-0.15, -0.1) is 0 Å². The topological polar surface area (TPSA) is 32.8 Å². The van der Waals surface area contributed by atoms with E-state index in [9.17, 15) is 9.18 Å². The molecule has 1 fully saturated rings. The maximum atomic E-state index is 12.4. The molecule has 1 heterocycles. The highest BCUT2D eigenvalue weighted by molar-refractivity contribution is 5.94. The fourth-order valence-electron chi connectivity index (χ4n) is 2.29. The van der Waals surface area contributed by atoms with Crippen molar-refractivity contribution < 1.29 is 13.9 Å². The summed E-state index contributed by atoms with van der Waals surface area (Å²) in [6.45, 7) is 4.73. The second-order valence-corrected chi connectivity index (χ2v) is 5.11. The summed E-state index contributed by atoms with van der Waals surface area (Å²) >= 11 is 0. The van der Waals surface area contributed by atoms with E-state index in [4.69, 9.17) is 4.74 Å². The van der Waals surface area contributed by atoms with Crippen LogP contribution >= 0.6 is 0 Å². The maximum Gasteiger partial charge on any atom is 0.253 e. The predicted molar refractivity (Wildman–Crippen MR) is 76.0 cm³/mol. The number of halogens is 1. The molecular formula is C15H21FN2O2. The first-order valence-corrected chi connectivity index (χ1v) is 6.89. The molecule has 0 N–H and O–H groups in total. The number of hydrogen-bond donors (Lipinski definition) is 0. The lowest BCUT2D eigenvalue weighted by Gasteiger charge is -2.32. The molecule has 20 heavy (non-hydrogen) atoms. The van der Waals surface area contributed by atoms with Gasteiger partial charge >= 0.3 is 0 Å². The van der Waals surface area contributed by atoms with Gasteiger partial charge in [-0.25, -0.2) is 4.39 Å². The first-order chi connectivity index (χ1) is 9.61. The van der Waals surface area contributed by atoms with Crippen molar-refractivity contribution in [1.29, 1.82) is 0 Å². The zero-order valence-corrected chi connectivity index (χ0v) is 12.1. The second-order valence-electron chi connectivity index (χ2n) is 5.11. The number of nitrogens with zero attached hydrogens (tertiary/aromatic N) is 2. The van der Waals surface area contributed by atoms with Crippen LogP contribution in [0.2, 0.25) is 0 Å². The Morgan fingerprint density at radius 1 is 1.30 bits per heavy atom. The largest absolute Gasteiger partial charge is 0.491 e. The van der Waals surface area contributed by atoms with Gasteiger partial charge in [0.1, 0.15) is 19.0 Å². The van der Waals surface area contributed by atoms with Crippen LogP contribution in [-0.4, -0.2) is 62.2 Å². The number of likely N-dealkylation sites (N-methyl/N-ethyl adjacent to an activating group) is 1. The van der Waals surface area contributed by atoms with E-state index in [2.05, 4.69) is 11.9 Å². The van der Waals surface area contributed by atoms with Crippen molar-refractivity contribution in [2.45, 2.75) is 6.92 Å². The number of amides is 1. The number of benzene rings is 1. The monoisotopic (exact) mass is 280 g/mol. The first kappa shape index (κ1) is 14.8. The summed E-state index contributed by atoms with van der Waals surface area (Å²) in [6.07, 6.45) is 0. The van der Waals surface area contributed by atoms with E-state index in [0.717, 1.165) is 31.7 Å². The fourth-order valence-corrected chi connectivity index (χ4v) is 2.29. The molecule has 0 bridgehead atoms. The average molecular weight is 280 g/mol. The molecule has 1 aliphatic heterocycles. The number of aryl methyl sites for hydroxylation is 1. The highest BCUT2D eigenvalue weighted by Crippen LogP contribution is 2.20. The number of rotatable bonds is 4. The zero-order valence-electron chi connectivity index (χ0n) is 12.1. The Morgan fingerprint density at radius 2 is 2.00 bits per heavy atom. The van der Waals surface area contributed by atoms with Crippen LogP contribution in [0.5, 0.6) is 5.75 Å². The summed E-state index contributed by atoms with van der Waals surface area (Å²) in [6, 6.07) is 5.31. The number of ether oxygens (including phenoxy) is 1. The molecular weight excluding hydrogens is 259 g/mol. The SMILES string of the molecule is Cc1cc(C(=O)N2CCN(C)CC2)ccc1OCCF. The third-order valence-electron chi connectivity index (χ3n) is 3.55. The van der Waals surface area contributed by atoms with E-state index in [0.29, 0.717) is 11.3 Å². The Morgan fingerprint density at radius 3 is 2.60 bits per heavy atom. The molecule has 2 rings (SSSR count). The van der Waals surface area contributed by atoms with Gasteiger partial charge in [-0.3, -0.25) is 4.79 Å². The minimum atomic E-state index is -0.512. The molecule has 0 aliphatic carbocycles. The molecule has 1 aliphatic rings. The second kappa shape index (κ2) is 6.70. The van der Waals surface area contributed by atoms with Crippen LogP contribution in [0.3, 0.4) is 0 Å². The third-order valence-corrected chi connectivity index (χ3v) is 3.55. The van der Waals surface area contributed by atoms with Gasteiger partial charge in [0.2, 0.25) is 0 Å².